The summed E-state index contributed by atoms with van der Waals surface area (Å²) in [6, 6.07) is 18.3. The molecule has 9 heteroatoms. The summed E-state index contributed by atoms with van der Waals surface area (Å²) < 4.78 is 10.8. The standard InChI is InChI=1S/C26H25N3O5S/c1-26(19-9-10-21-22(14-19)34-17-33-21)24(31)29(25(32)27-26)16-23(30)28(15-20-8-5-13-35-20)12-11-18-6-3-2-4-7-18/h2-10,13-14H,11-12,15-17H2,1H3,(H,27,32). The Kier molecular flexibility index (Phi) is 6.17. The first-order chi connectivity index (χ1) is 16.9. The largest absolute Gasteiger partial charge is 0.454 e. The number of nitrogens with zero attached hydrogens (tertiary/aromatic N) is 2. The van der Waals surface area contributed by atoms with Crippen LogP contribution in [0.4, 0.5) is 4.79 Å². The van der Waals surface area contributed by atoms with Gasteiger partial charge >= 0.3 is 6.03 Å². The van der Waals surface area contributed by atoms with Crippen molar-refractivity contribution in [2.75, 3.05) is 19.9 Å². The van der Waals surface area contributed by atoms with Gasteiger partial charge in [0, 0.05) is 11.4 Å². The maximum absolute atomic E-state index is 13.4. The number of urea groups is 1. The minimum Gasteiger partial charge on any atom is -0.454 e. The summed E-state index contributed by atoms with van der Waals surface area (Å²) >= 11 is 1.57. The molecule has 180 valence electrons. The molecule has 1 aromatic heterocycles. The van der Waals surface area contributed by atoms with Gasteiger partial charge in [0.15, 0.2) is 11.5 Å². The average molecular weight is 492 g/mol. The summed E-state index contributed by atoms with van der Waals surface area (Å²) in [5.74, 6) is 0.341. The quantitative estimate of drug-likeness (QED) is 0.487. The number of ether oxygens (including phenoxy) is 2. The van der Waals surface area contributed by atoms with E-state index in [0.717, 1.165) is 15.3 Å². The maximum atomic E-state index is 13.4. The first-order valence-corrected chi connectivity index (χ1v) is 12.2. The van der Waals surface area contributed by atoms with Crippen molar-refractivity contribution < 1.29 is 23.9 Å². The number of carbonyl (C=O) groups is 3. The zero-order valence-electron chi connectivity index (χ0n) is 19.2. The number of benzene rings is 2. The van der Waals surface area contributed by atoms with Gasteiger partial charge in [0.05, 0.1) is 6.54 Å². The molecule has 5 rings (SSSR count). The van der Waals surface area contributed by atoms with Crippen molar-refractivity contribution in [2.24, 2.45) is 0 Å². The molecule has 1 unspecified atom stereocenters. The van der Waals surface area contributed by atoms with Gasteiger partial charge in [-0.1, -0.05) is 42.5 Å². The molecule has 0 aliphatic carbocycles. The molecule has 1 fully saturated rings. The molecule has 0 bridgehead atoms. The molecule has 1 atom stereocenters. The van der Waals surface area contributed by atoms with E-state index in [2.05, 4.69) is 5.32 Å². The average Bonchev–Trinajstić information content (AvgIpc) is 3.60. The number of nitrogens with one attached hydrogen (secondary N) is 1. The highest BCUT2D eigenvalue weighted by molar-refractivity contribution is 7.09. The van der Waals surface area contributed by atoms with Crippen LogP contribution in [0.1, 0.15) is 22.9 Å². The molecule has 8 nitrogen and oxygen atoms in total. The van der Waals surface area contributed by atoms with E-state index < -0.39 is 17.5 Å². The van der Waals surface area contributed by atoms with Crippen molar-refractivity contribution >= 4 is 29.2 Å². The lowest BCUT2D eigenvalue weighted by Gasteiger charge is -2.25. The minimum absolute atomic E-state index is 0.111. The van der Waals surface area contributed by atoms with Crippen molar-refractivity contribution in [3.05, 3.63) is 82.0 Å². The molecule has 1 N–H and O–H groups in total. The molecule has 3 aromatic rings. The molecule has 3 heterocycles. The molecular formula is C26H25N3O5S. The van der Waals surface area contributed by atoms with Crippen LogP contribution in [0, 0.1) is 0 Å². The van der Waals surface area contributed by atoms with Gasteiger partial charge in [0.25, 0.3) is 5.91 Å². The zero-order valence-corrected chi connectivity index (χ0v) is 20.0. The number of carbonyl (C=O) groups excluding carboxylic acids is 3. The van der Waals surface area contributed by atoms with E-state index in [9.17, 15) is 14.4 Å². The molecule has 2 aliphatic rings. The van der Waals surface area contributed by atoms with Crippen LogP contribution >= 0.6 is 11.3 Å². The number of thiophene rings is 1. The molecule has 0 spiro atoms. The highest BCUT2D eigenvalue weighted by atomic mass is 32.1. The van der Waals surface area contributed by atoms with Gasteiger partial charge in [-0.15, -0.1) is 11.3 Å². The molecular weight excluding hydrogens is 466 g/mol. The molecule has 1 saturated heterocycles. The fraction of sp³-hybridized carbons (Fsp3) is 0.269. The van der Waals surface area contributed by atoms with E-state index >= 15 is 0 Å². The van der Waals surface area contributed by atoms with Gasteiger partial charge in [0.2, 0.25) is 12.7 Å². The highest BCUT2D eigenvalue weighted by Gasteiger charge is 2.50. The van der Waals surface area contributed by atoms with Crippen LogP contribution in [0.3, 0.4) is 0 Å². The second-order valence-corrected chi connectivity index (χ2v) is 9.68. The molecule has 35 heavy (non-hydrogen) atoms. The van der Waals surface area contributed by atoms with Gasteiger partial charge < -0.3 is 19.7 Å². The Morgan fingerprint density at radius 2 is 1.89 bits per heavy atom. The minimum atomic E-state index is -1.30. The number of fused-ring (bicyclic) bond motifs is 1. The molecule has 0 saturated carbocycles. The van der Waals surface area contributed by atoms with Crippen molar-refractivity contribution in [1.29, 1.82) is 0 Å². The Bertz CT molecular complexity index is 1250. The van der Waals surface area contributed by atoms with E-state index in [1.54, 1.807) is 41.4 Å². The summed E-state index contributed by atoms with van der Waals surface area (Å²) in [5.41, 5.74) is 0.373. The topological polar surface area (TPSA) is 88.2 Å². The summed E-state index contributed by atoms with van der Waals surface area (Å²) in [6.07, 6.45) is 0.674. The van der Waals surface area contributed by atoms with E-state index in [4.69, 9.17) is 9.47 Å². The summed E-state index contributed by atoms with van der Waals surface area (Å²) in [6.45, 7) is 2.31. The number of imide groups is 1. The predicted octanol–water partition coefficient (Wildman–Crippen LogP) is 3.52. The Morgan fingerprint density at radius 1 is 1.09 bits per heavy atom. The van der Waals surface area contributed by atoms with Gasteiger partial charge in [-0.05, 0) is 48.1 Å². The Morgan fingerprint density at radius 3 is 2.66 bits per heavy atom. The third-order valence-electron chi connectivity index (χ3n) is 6.31. The third kappa shape index (κ3) is 4.59. The van der Waals surface area contributed by atoms with Crippen LogP contribution in [-0.4, -0.2) is 47.5 Å². The zero-order chi connectivity index (χ0) is 24.4. The fourth-order valence-electron chi connectivity index (χ4n) is 4.27. The van der Waals surface area contributed by atoms with E-state index in [1.807, 2.05) is 47.8 Å². The van der Waals surface area contributed by atoms with Crippen molar-refractivity contribution in [3.8, 4) is 11.5 Å². The molecule has 0 radical (unpaired) electrons. The van der Waals surface area contributed by atoms with Gasteiger partial charge in [-0.25, -0.2) is 4.79 Å². The smallest absolute Gasteiger partial charge is 0.325 e. The second kappa shape index (κ2) is 9.42. The van der Waals surface area contributed by atoms with Crippen molar-refractivity contribution in [3.63, 3.8) is 0 Å². The van der Waals surface area contributed by atoms with Crippen LogP contribution < -0.4 is 14.8 Å². The first-order valence-electron chi connectivity index (χ1n) is 11.3. The van der Waals surface area contributed by atoms with Crippen molar-refractivity contribution in [2.45, 2.75) is 25.4 Å². The van der Waals surface area contributed by atoms with Crippen LogP contribution in [0.15, 0.2) is 66.0 Å². The van der Waals surface area contributed by atoms with Crippen LogP contribution in [0.2, 0.25) is 0 Å². The number of hydrogen-bond donors (Lipinski definition) is 1. The monoisotopic (exact) mass is 491 g/mol. The fourth-order valence-corrected chi connectivity index (χ4v) is 4.99. The lowest BCUT2D eigenvalue weighted by Crippen LogP contribution is -2.44. The van der Waals surface area contributed by atoms with Crippen LogP contribution in [0.5, 0.6) is 11.5 Å². The summed E-state index contributed by atoms with van der Waals surface area (Å²) in [7, 11) is 0. The number of amides is 4. The normalized spacial score (nSPS) is 18.6. The number of hydrogen-bond acceptors (Lipinski definition) is 6. The number of rotatable bonds is 8. The van der Waals surface area contributed by atoms with Crippen LogP contribution in [-0.2, 0) is 28.1 Å². The predicted molar refractivity (Wildman–Crippen MR) is 130 cm³/mol. The van der Waals surface area contributed by atoms with Gasteiger partial charge in [-0.2, -0.15) is 0 Å². The Labute approximate surface area is 207 Å². The molecule has 2 aliphatic heterocycles. The maximum Gasteiger partial charge on any atom is 0.325 e. The van der Waals surface area contributed by atoms with Gasteiger partial charge in [-0.3, -0.25) is 14.5 Å². The highest BCUT2D eigenvalue weighted by Crippen LogP contribution is 2.37. The lowest BCUT2D eigenvalue weighted by atomic mass is 9.91. The third-order valence-corrected chi connectivity index (χ3v) is 7.17. The summed E-state index contributed by atoms with van der Waals surface area (Å²) in [5, 5.41) is 4.72. The van der Waals surface area contributed by atoms with Crippen LogP contribution in [0.25, 0.3) is 0 Å². The summed E-state index contributed by atoms with van der Waals surface area (Å²) in [4.78, 5) is 43.3. The SMILES string of the molecule is CC1(c2ccc3c(c2)OCO3)NC(=O)N(CC(=O)N(CCc2ccccc2)Cc2cccs2)C1=O. The first kappa shape index (κ1) is 22.9. The van der Waals surface area contributed by atoms with E-state index in [0.29, 0.717) is 36.6 Å². The second-order valence-electron chi connectivity index (χ2n) is 8.64. The molecule has 2 aromatic carbocycles. The Balaban J connectivity index is 1.32. The van der Waals surface area contributed by atoms with Crippen molar-refractivity contribution in [1.82, 2.24) is 15.1 Å². The van der Waals surface area contributed by atoms with Gasteiger partial charge in [0.1, 0.15) is 12.1 Å². The van der Waals surface area contributed by atoms with E-state index in [1.165, 1.54) is 0 Å². The van der Waals surface area contributed by atoms with E-state index in [-0.39, 0.29) is 19.2 Å². The Hall–Kier alpha value is -3.85. The molecule has 4 amide bonds. The lowest BCUT2D eigenvalue weighted by molar-refractivity contribution is -0.139.